The number of amides is 5. The van der Waals surface area contributed by atoms with Gasteiger partial charge in [-0.3, -0.25) is 49.3 Å². The Morgan fingerprint density at radius 2 is 1.40 bits per heavy atom. The highest BCUT2D eigenvalue weighted by Gasteiger charge is 2.45. The highest BCUT2D eigenvalue weighted by molar-refractivity contribution is 6.23. The second-order valence-electron chi connectivity index (χ2n) is 18.1. The number of aliphatic hydroxyl groups excluding tert-OH is 1. The second-order valence-corrected chi connectivity index (χ2v) is 18.1. The molecule has 4 aromatic rings. The van der Waals surface area contributed by atoms with Gasteiger partial charge in [-0.1, -0.05) is 19.6 Å². The number of rotatable bonds is 23. The second kappa shape index (κ2) is 25.2. The quantitative estimate of drug-likeness (QED) is 0.0636. The predicted octanol–water partition coefficient (Wildman–Crippen LogP) is 5.33. The SMILES string of the molecule is C.O=C1CCC(N2C(=O)c3ccc(OCCOCCOCCOCCOCCN4CCN(Cc5ccc6c(c5)nc(NC(=O)c5cccc(C(F)(F)F)c5)n6C5CCC(CO)CC5)CC4)cc3C2=O)C(=O)N1. The lowest BCUT2D eigenvalue weighted by Crippen LogP contribution is -2.54. The first kappa shape index (κ1) is 54.0. The number of benzene rings is 3. The van der Waals surface area contributed by atoms with E-state index in [4.69, 9.17) is 28.7 Å². The van der Waals surface area contributed by atoms with Gasteiger partial charge in [0.05, 0.1) is 80.6 Å². The number of nitrogens with one attached hydrogen (secondary N) is 2. The van der Waals surface area contributed by atoms with E-state index in [0.29, 0.717) is 70.0 Å². The molecule has 3 fully saturated rings. The van der Waals surface area contributed by atoms with Crippen LogP contribution in [0, 0.1) is 5.92 Å². The van der Waals surface area contributed by atoms with Crippen molar-refractivity contribution in [1.29, 1.82) is 0 Å². The molecule has 3 N–H and O–H groups in total. The lowest BCUT2D eigenvalue weighted by molar-refractivity contribution is -0.138. The maximum atomic E-state index is 13.4. The molecule has 72 heavy (non-hydrogen) atoms. The minimum absolute atomic E-state index is 0. The van der Waals surface area contributed by atoms with Crippen molar-refractivity contribution in [1.82, 2.24) is 29.6 Å². The standard InChI is InChI=1S/C50H60F3N7O11.CH4/c51-50(52,53)36-3-1-2-35(29-36)45(63)56-49-54-41-28-34(6-11-42(41)59(49)37-7-4-33(32-61)5-8-37)31-58-16-14-57(15-17-58)18-19-67-20-21-68-22-23-69-24-25-70-26-27-71-38-9-10-39-40(30-38)48(66)60(47(39)65)43-12-13-44(62)55-46(43)64;/h1-3,6,9-11,28-30,33,37,43,61H,4-5,7-8,12-27,31-32H2,(H,54,56,63)(H,55,62,64);1H4. The summed E-state index contributed by atoms with van der Waals surface area (Å²) in [7, 11) is 0. The monoisotopic (exact) mass is 1010 g/mol. The van der Waals surface area contributed by atoms with Crippen molar-refractivity contribution in [2.24, 2.45) is 5.92 Å². The zero-order valence-electron chi connectivity index (χ0n) is 39.5. The Kier molecular flexibility index (Phi) is 18.9. The molecule has 1 aliphatic carbocycles. The van der Waals surface area contributed by atoms with Crippen LogP contribution in [0.4, 0.5) is 19.1 Å². The van der Waals surface area contributed by atoms with Crippen LogP contribution >= 0.6 is 0 Å². The molecule has 8 rings (SSSR count). The Hall–Kier alpha value is -5.81. The molecule has 18 nitrogen and oxygen atoms in total. The summed E-state index contributed by atoms with van der Waals surface area (Å²) in [5.41, 5.74) is 1.93. The summed E-state index contributed by atoms with van der Waals surface area (Å²) in [6.07, 6.45) is -1.24. The van der Waals surface area contributed by atoms with Crippen molar-refractivity contribution in [3.63, 3.8) is 0 Å². The Labute approximate surface area is 416 Å². The number of imidazole rings is 1. The molecule has 2 saturated heterocycles. The van der Waals surface area contributed by atoms with E-state index in [0.717, 1.165) is 86.5 Å². The number of nitrogens with zero attached hydrogens (tertiary/aromatic N) is 5. The average molecular weight is 1010 g/mol. The molecule has 21 heteroatoms. The third-order valence-corrected chi connectivity index (χ3v) is 13.3. The number of carbonyl (C=O) groups is 5. The van der Waals surface area contributed by atoms with Crippen molar-refractivity contribution in [3.05, 3.63) is 88.5 Å². The summed E-state index contributed by atoms with van der Waals surface area (Å²) in [6, 6.07) is 14.0. The average Bonchev–Trinajstić information content (AvgIpc) is 3.84. The summed E-state index contributed by atoms with van der Waals surface area (Å²) < 4.78 is 70.6. The van der Waals surface area contributed by atoms with Gasteiger partial charge in [0.2, 0.25) is 17.8 Å². The van der Waals surface area contributed by atoms with Gasteiger partial charge in [0.25, 0.3) is 17.7 Å². The van der Waals surface area contributed by atoms with Gasteiger partial charge in [-0.2, -0.15) is 13.2 Å². The van der Waals surface area contributed by atoms with Crippen LogP contribution in [0.1, 0.15) is 94.2 Å². The molecule has 4 heterocycles. The van der Waals surface area contributed by atoms with Crippen molar-refractivity contribution >= 4 is 46.5 Å². The minimum atomic E-state index is -4.58. The third-order valence-electron chi connectivity index (χ3n) is 13.3. The van der Waals surface area contributed by atoms with Crippen molar-refractivity contribution in [3.8, 4) is 5.75 Å². The van der Waals surface area contributed by atoms with Crippen LogP contribution in [-0.4, -0.2) is 164 Å². The largest absolute Gasteiger partial charge is 0.491 e. The van der Waals surface area contributed by atoms with Crippen LogP contribution in [0.15, 0.2) is 60.7 Å². The predicted molar refractivity (Wildman–Crippen MR) is 258 cm³/mol. The Bertz CT molecular complexity index is 2520. The van der Waals surface area contributed by atoms with Crippen LogP contribution < -0.4 is 15.4 Å². The van der Waals surface area contributed by atoms with E-state index in [1.165, 1.54) is 24.3 Å². The highest BCUT2D eigenvalue weighted by atomic mass is 19.4. The maximum absolute atomic E-state index is 13.4. The molecular weight excluding hydrogens is 944 g/mol. The van der Waals surface area contributed by atoms with E-state index in [1.807, 2.05) is 16.7 Å². The van der Waals surface area contributed by atoms with Gasteiger partial charge in [0, 0.05) is 63.9 Å². The number of alkyl halides is 3. The molecule has 0 bridgehead atoms. The Morgan fingerprint density at radius 1 is 0.750 bits per heavy atom. The molecule has 0 radical (unpaired) electrons. The van der Waals surface area contributed by atoms with E-state index in [9.17, 15) is 42.3 Å². The van der Waals surface area contributed by atoms with Gasteiger partial charge in [0.15, 0.2) is 0 Å². The topological polar surface area (TPSA) is 203 Å². The van der Waals surface area contributed by atoms with E-state index < -0.39 is 47.3 Å². The fraction of sp³-hybridized carbons (Fsp3) is 0.529. The van der Waals surface area contributed by atoms with Crippen LogP contribution in [0.5, 0.6) is 5.75 Å². The number of halogens is 3. The number of fused-ring (bicyclic) bond motifs is 2. The highest BCUT2D eigenvalue weighted by Crippen LogP contribution is 2.38. The van der Waals surface area contributed by atoms with Crippen LogP contribution in [-0.2, 0) is 41.3 Å². The molecule has 5 amide bonds. The molecule has 1 unspecified atom stereocenters. The molecule has 3 aromatic carbocycles. The number of aromatic nitrogens is 2. The van der Waals surface area contributed by atoms with Crippen LogP contribution in [0.3, 0.4) is 0 Å². The normalized spacial score (nSPS) is 19.9. The van der Waals surface area contributed by atoms with E-state index in [-0.39, 0.29) is 68.7 Å². The zero-order chi connectivity index (χ0) is 49.9. The Morgan fingerprint density at radius 3 is 2.07 bits per heavy atom. The van der Waals surface area contributed by atoms with Gasteiger partial charge in [0.1, 0.15) is 18.4 Å². The number of carbonyl (C=O) groups excluding carboxylic acids is 5. The summed E-state index contributed by atoms with van der Waals surface area (Å²) in [5.74, 6) is -2.04. The summed E-state index contributed by atoms with van der Waals surface area (Å²) in [6.45, 7) is 8.67. The number of hydrogen-bond donors (Lipinski definition) is 3. The van der Waals surface area contributed by atoms with E-state index >= 15 is 0 Å². The molecule has 0 spiro atoms. The number of anilines is 1. The summed E-state index contributed by atoms with van der Waals surface area (Å²) in [4.78, 5) is 73.5. The van der Waals surface area contributed by atoms with Crippen molar-refractivity contribution < 1.29 is 65.9 Å². The van der Waals surface area contributed by atoms with Crippen LogP contribution in [0.25, 0.3) is 11.0 Å². The minimum Gasteiger partial charge on any atom is -0.491 e. The maximum Gasteiger partial charge on any atom is 0.416 e. The summed E-state index contributed by atoms with van der Waals surface area (Å²) >= 11 is 0. The van der Waals surface area contributed by atoms with Crippen LogP contribution in [0.2, 0.25) is 0 Å². The number of hydrogen-bond acceptors (Lipinski definition) is 14. The molecule has 1 aromatic heterocycles. The molecule has 3 aliphatic heterocycles. The van der Waals surface area contributed by atoms with Crippen molar-refractivity contribution in [2.75, 3.05) is 104 Å². The molecule has 4 aliphatic rings. The van der Waals surface area contributed by atoms with Gasteiger partial charge >= 0.3 is 6.18 Å². The van der Waals surface area contributed by atoms with Gasteiger partial charge in [-0.05, 0) is 92.1 Å². The van der Waals surface area contributed by atoms with Gasteiger partial charge in [-0.25, -0.2) is 4.98 Å². The molecule has 1 atom stereocenters. The number of ether oxygens (including phenoxy) is 5. The third kappa shape index (κ3) is 13.6. The Balaban J connectivity index is 0.00000760. The zero-order valence-corrected chi connectivity index (χ0v) is 39.5. The lowest BCUT2D eigenvalue weighted by atomic mass is 9.86. The van der Waals surface area contributed by atoms with Gasteiger partial charge < -0.3 is 33.4 Å². The number of piperazine rings is 1. The number of piperidine rings is 1. The van der Waals surface area contributed by atoms with Crippen molar-refractivity contribution in [2.45, 2.75) is 70.8 Å². The van der Waals surface area contributed by atoms with E-state index in [2.05, 4.69) is 26.5 Å². The molecule has 1 saturated carbocycles. The molecular formula is C51H64F3N7O11. The first-order valence-electron chi connectivity index (χ1n) is 24.2. The fourth-order valence-electron chi connectivity index (χ4n) is 9.44. The first-order valence-corrected chi connectivity index (χ1v) is 24.2. The van der Waals surface area contributed by atoms with E-state index in [1.54, 1.807) is 6.07 Å². The fourth-order valence-corrected chi connectivity index (χ4v) is 9.44. The lowest BCUT2D eigenvalue weighted by Gasteiger charge is -2.34. The van der Waals surface area contributed by atoms with Gasteiger partial charge in [-0.15, -0.1) is 0 Å². The molecule has 390 valence electrons. The smallest absolute Gasteiger partial charge is 0.416 e. The first-order chi connectivity index (χ1) is 34.4. The number of aliphatic hydroxyl groups is 1. The number of imide groups is 2. The summed E-state index contributed by atoms with van der Waals surface area (Å²) in [5, 5.41) is 14.7.